The van der Waals surface area contributed by atoms with E-state index in [2.05, 4.69) is 29.1 Å². The Balaban J connectivity index is 1.57. The maximum absolute atomic E-state index is 8.88. The molecule has 1 unspecified atom stereocenters. The van der Waals surface area contributed by atoms with Crippen LogP contribution in [-0.4, -0.2) is 30.0 Å². The van der Waals surface area contributed by atoms with Gasteiger partial charge >= 0.3 is 0 Å². The van der Waals surface area contributed by atoms with Gasteiger partial charge in [0.2, 0.25) is 0 Å². The number of piperidine rings is 1. The molecule has 0 spiro atoms. The molecule has 1 atom stereocenters. The van der Waals surface area contributed by atoms with Crippen LogP contribution in [0, 0.1) is 11.3 Å². The first-order chi connectivity index (χ1) is 11.7. The molecule has 0 saturated carbocycles. The van der Waals surface area contributed by atoms with E-state index in [1.54, 1.807) is 18.3 Å². The second kappa shape index (κ2) is 6.14. The molecule has 4 rings (SSSR count). The summed E-state index contributed by atoms with van der Waals surface area (Å²) >= 11 is 0. The number of aromatic nitrogens is 1. The van der Waals surface area contributed by atoms with Gasteiger partial charge in [-0.1, -0.05) is 12.1 Å². The molecule has 24 heavy (non-hydrogen) atoms. The number of nitrogens with zero attached hydrogens (tertiary/aromatic N) is 3. The van der Waals surface area contributed by atoms with Crippen LogP contribution in [-0.2, 0) is 0 Å². The average Bonchev–Trinajstić information content (AvgIpc) is 3.07. The molecule has 0 bridgehead atoms. The van der Waals surface area contributed by atoms with E-state index in [1.165, 1.54) is 5.56 Å². The van der Waals surface area contributed by atoms with Crippen LogP contribution in [0.3, 0.4) is 0 Å². The quantitative estimate of drug-likeness (QED) is 0.850. The molecule has 1 aromatic heterocycles. The van der Waals surface area contributed by atoms with Gasteiger partial charge in [-0.3, -0.25) is 4.98 Å². The van der Waals surface area contributed by atoms with E-state index in [4.69, 9.17) is 14.7 Å². The summed E-state index contributed by atoms with van der Waals surface area (Å²) in [4.78, 5) is 6.65. The number of nitriles is 1. The van der Waals surface area contributed by atoms with Crippen molar-refractivity contribution in [3.63, 3.8) is 0 Å². The Morgan fingerprint density at radius 2 is 2.00 bits per heavy atom. The van der Waals surface area contributed by atoms with E-state index in [0.717, 1.165) is 37.4 Å². The number of hydrogen-bond donors (Lipinski definition) is 0. The molecule has 0 N–H and O–H groups in total. The SMILES string of the molecule is CN1CCC(c2cccc3c2OC(c2ccc(C#N)cn2)O3)CC1. The summed E-state index contributed by atoms with van der Waals surface area (Å²) in [7, 11) is 2.16. The van der Waals surface area contributed by atoms with Gasteiger partial charge in [-0.25, -0.2) is 0 Å². The summed E-state index contributed by atoms with van der Waals surface area (Å²) in [6.45, 7) is 2.21. The summed E-state index contributed by atoms with van der Waals surface area (Å²) in [5.41, 5.74) is 2.44. The molecule has 0 radical (unpaired) electrons. The number of rotatable bonds is 2. The first-order valence-corrected chi connectivity index (χ1v) is 8.25. The molecule has 2 aliphatic heterocycles. The molecule has 5 heteroatoms. The van der Waals surface area contributed by atoms with Crippen molar-refractivity contribution in [3.8, 4) is 17.6 Å². The fourth-order valence-corrected chi connectivity index (χ4v) is 3.37. The molecule has 2 aliphatic rings. The van der Waals surface area contributed by atoms with Crippen LogP contribution in [0.4, 0.5) is 0 Å². The lowest BCUT2D eigenvalue weighted by Crippen LogP contribution is -2.29. The Morgan fingerprint density at radius 3 is 2.71 bits per heavy atom. The van der Waals surface area contributed by atoms with Crippen molar-refractivity contribution in [1.29, 1.82) is 5.26 Å². The topological polar surface area (TPSA) is 58.4 Å². The third-order valence-corrected chi connectivity index (χ3v) is 4.78. The summed E-state index contributed by atoms with van der Waals surface area (Å²) in [5.74, 6) is 2.14. The maximum Gasteiger partial charge on any atom is 0.284 e. The molecule has 5 nitrogen and oxygen atoms in total. The van der Waals surface area contributed by atoms with Gasteiger partial charge in [-0.15, -0.1) is 0 Å². The zero-order chi connectivity index (χ0) is 16.5. The molecule has 1 aromatic carbocycles. The normalized spacial score (nSPS) is 20.8. The standard InChI is InChI=1S/C19H19N3O2/c1-22-9-7-14(8-10-22)15-3-2-4-17-18(15)24-19(23-17)16-6-5-13(11-20)12-21-16/h2-6,12,14,19H,7-10H2,1H3. The molecular formula is C19H19N3O2. The number of pyridine rings is 1. The van der Waals surface area contributed by atoms with Crippen molar-refractivity contribution in [3.05, 3.63) is 53.3 Å². The lowest BCUT2D eigenvalue weighted by Gasteiger charge is -2.29. The van der Waals surface area contributed by atoms with Gasteiger partial charge in [-0.05, 0) is 57.1 Å². The Morgan fingerprint density at radius 1 is 1.17 bits per heavy atom. The largest absolute Gasteiger partial charge is 0.445 e. The maximum atomic E-state index is 8.88. The third kappa shape index (κ3) is 2.70. The highest BCUT2D eigenvalue weighted by Crippen LogP contribution is 2.46. The molecular weight excluding hydrogens is 302 g/mol. The van der Waals surface area contributed by atoms with Gasteiger partial charge in [0.25, 0.3) is 6.29 Å². The molecule has 1 saturated heterocycles. The highest BCUT2D eigenvalue weighted by molar-refractivity contribution is 5.50. The van der Waals surface area contributed by atoms with Gasteiger partial charge in [0.05, 0.1) is 5.56 Å². The molecule has 122 valence electrons. The van der Waals surface area contributed by atoms with Crippen molar-refractivity contribution >= 4 is 0 Å². The zero-order valence-corrected chi connectivity index (χ0v) is 13.6. The van der Waals surface area contributed by atoms with Gasteiger partial charge < -0.3 is 14.4 Å². The predicted molar refractivity (Wildman–Crippen MR) is 88.9 cm³/mol. The zero-order valence-electron chi connectivity index (χ0n) is 13.6. The third-order valence-electron chi connectivity index (χ3n) is 4.78. The predicted octanol–water partition coefficient (Wildman–Crippen LogP) is 3.23. The minimum Gasteiger partial charge on any atom is -0.445 e. The van der Waals surface area contributed by atoms with E-state index >= 15 is 0 Å². The minimum atomic E-state index is -0.542. The number of hydrogen-bond acceptors (Lipinski definition) is 5. The highest BCUT2D eigenvalue weighted by Gasteiger charge is 2.32. The number of benzene rings is 1. The Bertz CT molecular complexity index is 774. The summed E-state index contributed by atoms with van der Waals surface area (Å²) in [6.07, 6.45) is 3.27. The summed E-state index contributed by atoms with van der Waals surface area (Å²) < 4.78 is 12.0. The van der Waals surface area contributed by atoms with Crippen LogP contribution >= 0.6 is 0 Å². The lowest BCUT2D eigenvalue weighted by molar-refractivity contribution is 0.0439. The number of fused-ring (bicyclic) bond motifs is 1. The van der Waals surface area contributed by atoms with Gasteiger partial charge in [0.15, 0.2) is 11.5 Å². The second-order valence-electron chi connectivity index (χ2n) is 6.40. The van der Waals surface area contributed by atoms with E-state index in [9.17, 15) is 0 Å². The summed E-state index contributed by atoms with van der Waals surface area (Å²) in [6, 6.07) is 11.7. The van der Waals surface area contributed by atoms with Crippen LogP contribution in [0.1, 0.15) is 41.9 Å². The van der Waals surface area contributed by atoms with Crippen molar-refractivity contribution in [2.45, 2.75) is 25.0 Å². The molecule has 2 aromatic rings. The fourth-order valence-electron chi connectivity index (χ4n) is 3.37. The van der Waals surface area contributed by atoms with Gasteiger partial charge in [-0.2, -0.15) is 5.26 Å². The van der Waals surface area contributed by atoms with Crippen LogP contribution in [0.15, 0.2) is 36.5 Å². The van der Waals surface area contributed by atoms with Crippen molar-refractivity contribution in [2.24, 2.45) is 0 Å². The van der Waals surface area contributed by atoms with Crippen LogP contribution in [0.25, 0.3) is 0 Å². The Kier molecular flexibility index (Phi) is 3.83. The molecule has 0 amide bonds. The highest BCUT2D eigenvalue weighted by atomic mass is 16.7. The van der Waals surface area contributed by atoms with E-state index in [-0.39, 0.29) is 0 Å². The molecule has 3 heterocycles. The average molecular weight is 321 g/mol. The first kappa shape index (κ1) is 15.0. The van der Waals surface area contributed by atoms with Crippen LogP contribution in [0.2, 0.25) is 0 Å². The molecule has 0 aliphatic carbocycles. The monoisotopic (exact) mass is 321 g/mol. The summed E-state index contributed by atoms with van der Waals surface area (Å²) in [5, 5.41) is 8.88. The smallest absolute Gasteiger partial charge is 0.284 e. The van der Waals surface area contributed by atoms with E-state index < -0.39 is 6.29 Å². The van der Waals surface area contributed by atoms with Crippen molar-refractivity contribution < 1.29 is 9.47 Å². The minimum absolute atomic E-state index is 0.507. The second-order valence-corrected chi connectivity index (χ2v) is 6.40. The van der Waals surface area contributed by atoms with Crippen LogP contribution < -0.4 is 9.47 Å². The van der Waals surface area contributed by atoms with Gasteiger partial charge in [0, 0.05) is 11.8 Å². The Hall–Kier alpha value is -2.58. The number of para-hydroxylation sites is 1. The van der Waals surface area contributed by atoms with Crippen molar-refractivity contribution in [1.82, 2.24) is 9.88 Å². The Labute approximate surface area is 141 Å². The number of likely N-dealkylation sites (tertiary alicyclic amines) is 1. The number of ether oxygens (including phenoxy) is 2. The molecule has 1 fully saturated rings. The van der Waals surface area contributed by atoms with Crippen LogP contribution in [0.5, 0.6) is 11.5 Å². The van der Waals surface area contributed by atoms with E-state index in [0.29, 0.717) is 17.2 Å². The van der Waals surface area contributed by atoms with Gasteiger partial charge in [0.1, 0.15) is 11.8 Å². The lowest BCUT2D eigenvalue weighted by atomic mass is 9.89. The van der Waals surface area contributed by atoms with E-state index in [1.807, 2.05) is 12.1 Å². The fraction of sp³-hybridized carbons (Fsp3) is 0.368. The first-order valence-electron chi connectivity index (χ1n) is 8.25. The van der Waals surface area contributed by atoms with Crippen molar-refractivity contribution in [2.75, 3.05) is 20.1 Å².